The van der Waals surface area contributed by atoms with Crippen LogP contribution in [0.1, 0.15) is 44.0 Å². The van der Waals surface area contributed by atoms with E-state index in [-0.39, 0.29) is 11.8 Å². The third kappa shape index (κ3) is 3.90. The molecule has 104 valence electrons. The van der Waals surface area contributed by atoms with E-state index in [4.69, 9.17) is 0 Å². The molecule has 1 atom stereocenters. The van der Waals surface area contributed by atoms with Crippen molar-refractivity contribution in [1.29, 1.82) is 0 Å². The first-order valence-corrected chi connectivity index (χ1v) is 7.84. The van der Waals surface area contributed by atoms with Gasteiger partial charge in [0.2, 0.25) is 0 Å². The zero-order valence-corrected chi connectivity index (χ0v) is 13.5. The van der Waals surface area contributed by atoms with Crippen LogP contribution in [0, 0.1) is 5.92 Å². The Morgan fingerprint density at radius 2 is 1.84 bits per heavy atom. The molecule has 1 aliphatic carbocycles. The number of benzene rings is 1. The maximum absolute atomic E-state index is 12.6. The first kappa shape index (κ1) is 14.7. The molecule has 0 amide bonds. The zero-order chi connectivity index (χ0) is 14.0. The predicted octanol–water partition coefficient (Wildman–Crippen LogP) is 4.14. The molecule has 2 rings (SSSR count). The summed E-state index contributed by atoms with van der Waals surface area (Å²) in [6.07, 6.45) is 2.48. The molecule has 1 aromatic carbocycles. The molecule has 0 radical (unpaired) electrons. The molecular weight excluding hydrogens is 302 g/mol. The molecule has 0 spiro atoms. The van der Waals surface area contributed by atoms with Crippen molar-refractivity contribution < 1.29 is 4.79 Å². The monoisotopic (exact) mass is 323 g/mol. The second-order valence-corrected chi connectivity index (χ2v) is 6.78. The minimum Gasteiger partial charge on any atom is -0.292 e. The first-order valence-electron chi connectivity index (χ1n) is 7.04. The van der Waals surface area contributed by atoms with Gasteiger partial charge in [-0.25, -0.2) is 0 Å². The lowest BCUT2D eigenvalue weighted by atomic mass is 10.0. The summed E-state index contributed by atoms with van der Waals surface area (Å²) in [5.74, 6) is 0.834. The van der Waals surface area contributed by atoms with E-state index in [1.165, 1.54) is 12.8 Å². The zero-order valence-electron chi connectivity index (χ0n) is 11.9. The van der Waals surface area contributed by atoms with Gasteiger partial charge in [0.25, 0.3) is 0 Å². The summed E-state index contributed by atoms with van der Waals surface area (Å²) in [4.78, 5) is 14.9. The summed E-state index contributed by atoms with van der Waals surface area (Å²) in [5, 5.41) is 0. The summed E-state index contributed by atoms with van der Waals surface area (Å²) in [6.45, 7) is 7.48. The van der Waals surface area contributed by atoms with Crippen LogP contribution < -0.4 is 0 Å². The predicted molar refractivity (Wildman–Crippen MR) is 82.5 cm³/mol. The van der Waals surface area contributed by atoms with Crippen molar-refractivity contribution in [2.45, 2.75) is 45.7 Å². The molecule has 0 heterocycles. The molecule has 0 aromatic heterocycles. The van der Waals surface area contributed by atoms with Crippen molar-refractivity contribution in [2.24, 2.45) is 5.92 Å². The molecule has 1 saturated carbocycles. The first-order chi connectivity index (χ1) is 8.99. The van der Waals surface area contributed by atoms with Crippen LogP contribution in [0.2, 0.25) is 0 Å². The van der Waals surface area contributed by atoms with Gasteiger partial charge in [0, 0.05) is 22.6 Å². The Hall–Kier alpha value is -0.670. The summed E-state index contributed by atoms with van der Waals surface area (Å²) < 4.78 is 1.01. The van der Waals surface area contributed by atoms with Crippen LogP contribution in [0.5, 0.6) is 0 Å². The lowest BCUT2D eigenvalue weighted by Crippen LogP contribution is -2.42. The molecule has 1 unspecified atom stereocenters. The van der Waals surface area contributed by atoms with Crippen molar-refractivity contribution in [1.82, 2.24) is 4.90 Å². The van der Waals surface area contributed by atoms with E-state index in [0.29, 0.717) is 12.0 Å². The van der Waals surface area contributed by atoms with Crippen LogP contribution in [0.15, 0.2) is 28.7 Å². The minimum absolute atomic E-state index is 0.0175. The van der Waals surface area contributed by atoms with Gasteiger partial charge in [0.15, 0.2) is 5.78 Å². The van der Waals surface area contributed by atoms with E-state index in [9.17, 15) is 4.79 Å². The molecule has 1 aliphatic rings. The van der Waals surface area contributed by atoms with Gasteiger partial charge in [-0.3, -0.25) is 9.69 Å². The maximum Gasteiger partial charge on any atom is 0.179 e. The van der Waals surface area contributed by atoms with Crippen molar-refractivity contribution in [2.75, 3.05) is 6.54 Å². The highest BCUT2D eigenvalue weighted by Gasteiger charge is 2.35. The van der Waals surface area contributed by atoms with E-state index in [2.05, 4.69) is 34.7 Å². The molecule has 2 nitrogen and oxygen atoms in total. The molecule has 1 aromatic rings. The number of nitrogens with zero attached hydrogens (tertiary/aromatic N) is 1. The van der Waals surface area contributed by atoms with Gasteiger partial charge in [-0.2, -0.15) is 0 Å². The van der Waals surface area contributed by atoms with Crippen molar-refractivity contribution in [3.8, 4) is 0 Å². The van der Waals surface area contributed by atoms with Gasteiger partial charge in [0.05, 0.1) is 6.04 Å². The van der Waals surface area contributed by atoms with E-state index >= 15 is 0 Å². The lowest BCUT2D eigenvalue weighted by Gasteiger charge is -2.29. The van der Waals surface area contributed by atoms with E-state index in [1.54, 1.807) is 0 Å². The third-order valence-electron chi connectivity index (χ3n) is 3.60. The number of rotatable bonds is 6. The van der Waals surface area contributed by atoms with Crippen LogP contribution in [-0.2, 0) is 0 Å². The Balaban J connectivity index is 2.09. The average Bonchev–Trinajstić information content (AvgIpc) is 3.19. The number of ketones is 1. The number of halogens is 1. The van der Waals surface area contributed by atoms with E-state index in [1.807, 2.05) is 31.2 Å². The molecule has 0 saturated heterocycles. The molecule has 3 heteroatoms. The van der Waals surface area contributed by atoms with Gasteiger partial charge < -0.3 is 0 Å². The number of Topliss-reactive ketones (excluding diaryl/α,β-unsaturated/α-hetero) is 1. The maximum atomic E-state index is 12.6. The number of carbonyl (C=O) groups is 1. The number of carbonyl (C=O) groups excluding carboxylic acids is 1. The second kappa shape index (κ2) is 6.19. The normalized spacial score (nSPS) is 16.9. The summed E-state index contributed by atoms with van der Waals surface area (Å²) >= 11 is 3.40. The van der Waals surface area contributed by atoms with Gasteiger partial charge >= 0.3 is 0 Å². The van der Waals surface area contributed by atoms with Crippen LogP contribution in [-0.4, -0.2) is 29.3 Å². The molecular formula is C16H22BrNO. The summed E-state index contributed by atoms with van der Waals surface area (Å²) in [7, 11) is 0. The Bertz CT molecular complexity index is 437. The third-order valence-corrected chi connectivity index (χ3v) is 4.13. The van der Waals surface area contributed by atoms with Crippen molar-refractivity contribution >= 4 is 21.7 Å². The molecule has 19 heavy (non-hydrogen) atoms. The fourth-order valence-electron chi connectivity index (χ4n) is 2.46. The van der Waals surface area contributed by atoms with Gasteiger partial charge in [0.1, 0.15) is 0 Å². The van der Waals surface area contributed by atoms with Crippen LogP contribution in [0.3, 0.4) is 0 Å². The standard InChI is InChI=1S/C16H22BrNO/c1-11(2)10-18(15-8-9-15)12(3)16(19)13-4-6-14(17)7-5-13/h4-7,11-12,15H,8-10H2,1-3H3. The Morgan fingerprint density at radius 1 is 1.26 bits per heavy atom. The smallest absolute Gasteiger partial charge is 0.179 e. The van der Waals surface area contributed by atoms with Crippen LogP contribution >= 0.6 is 15.9 Å². The Kier molecular flexibility index (Phi) is 4.80. The topological polar surface area (TPSA) is 20.3 Å². The highest BCUT2D eigenvalue weighted by molar-refractivity contribution is 9.10. The van der Waals surface area contributed by atoms with Crippen LogP contribution in [0.4, 0.5) is 0 Å². The van der Waals surface area contributed by atoms with E-state index in [0.717, 1.165) is 16.6 Å². The lowest BCUT2D eigenvalue weighted by molar-refractivity contribution is 0.0807. The van der Waals surface area contributed by atoms with E-state index < -0.39 is 0 Å². The summed E-state index contributed by atoms with van der Waals surface area (Å²) in [6, 6.07) is 8.29. The van der Waals surface area contributed by atoms with Gasteiger partial charge in [-0.05, 0) is 37.8 Å². The molecule has 0 N–H and O–H groups in total. The highest BCUT2D eigenvalue weighted by Crippen LogP contribution is 2.30. The fourth-order valence-corrected chi connectivity index (χ4v) is 2.72. The SMILES string of the molecule is CC(C)CN(C1CC1)C(C)C(=O)c1ccc(Br)cc1. The number of hydrogen-bond acceptors (Lipinski definition) is 2. The van der Waals surface area contributed by atoms with Crippen molar-refractivity contribution in [3.63, 3.8) is 0 Å². The minimum atomic E-state index is -0.0175. The fraction of sp³-hybridized carbons (Fsp3) is 0.562. The van der Waals surface area contributed by atoms with Crippen molar-refractivity contribution in [3.05, 3.63) is 34.3 Å². The average molecular weight is 324 g/mol. The quantitative estimate of drug-likeness (QED) is 0.733. The van der Waals surface area contributed by atoms with Gasteiger partial charge in [-0.1, -0.05) is 41.9 Å². The Morgan fingerprint density at radius 3 is 2.32 bits per heavy atom. The molecule has 0 aliphatic heterocycles. The summed E-state index contributed by atoms with van der Waals surface area (Å²) in [5.41, 5.74) is 0.810. The Labute approximate surface area is 124 Å². The largest absolute Gasteiger partial charge is 0.292 e. The van der Waals surface area contributed by atoms with Gasteiger partial charge in [-0.15, -0.1) is 0 Å². The molecule has 1 fully saturated rings. The van der Waals surface area contributed by atoms with Crippen LogP contribution in [0.25, 0.3) is 0 Å². The number of hydrogen-bond donors (Lipinski definition) is 0. The second-order valence-electron chi connectivity index (χ2n) is 5.87. The molecule has 0 bridgehead atoms. The highest BCUT2D eigenvalue weighted by atomic mass is 79.9.